The zero-order chi connectivity index (χ0) is 13.1. The number of nitrogens with zero attached hydrogens (tertiary/aromatic N) is 1. The van der Waals surface area contributed by atoms with E-state index in [9.17, 15) is 4.79 Å². The van der Waals surface area contributed by atoms with Gasteiger partial charge in [0.2, 0.25) is 5.91 Å². The van der Waals surface area contributed by atoms with Crippen molar-refractivity contribution in [3.8, 4) is 0 Å². The molecule has 4 heteroatoms. The van der Waals surface area contributed by atoms with Crippen LogP contribution in [0.5, 0.6) is 0 Å². The average Bonchev–Trinajstić information content (AvgIpc) is 2.35. The van der Waals surface area contributed by atoms with Crippen LogP contribution >= 0.6 is 12.4 Å². The minimum Gasteiger partial charge on any atom is -0.337 e. The van der Waals surface area contributed by atoms with Crippen molar-refractivity contribution in [3.05, 3.63) is 35.4 Å². The third-order valence-corrected chi connectivity index (χ3v) is 3.96. The van der Waals surface area contributed by atoms with Gasteiger partial charge in [0.25, 0.3) is 0 Å². The topological polar surface area (TPSA) is 32.3 Å². The van der Waals surface area contributed by atoms with Gasteiger partial charge in [-0.05, 0) is 31.9 Å². The summed E-state index contributed by atoms with van der Waals surface area (Å²) in [5.74, 6) is 0.241. The molecule has 3 nitrogen and oxygen atoms in total. The lowest BCUT2D eigenvalue weighted by atomic mass is 10.0. The summed E-state index contributed by atoms with van der Waals surface area (Å²) in [6.45, 7) is 8.03. The lowest BCUT2D eigenvalue weighted by Gasteiger charge is -2.38. The quantitative estimate of drug-likeness (QED) is 0.902. The second-order valence-corrected chi connectivity index (χ2v) is 5.17. The minimum atomic E-state index is 0. The van der Waals surface area contributed by atoms with Gasteiger partial charge in [0.05, 0.1) is 6.42 Å². The highest BCUT2D eigenvalue weighted by Gasteiger charge is 2.27. The third-order valence-electron chi connectivity index (χ3n) is 3.96. The van der Waals surface area contributed by atoms with E-state index in [4.69, 9.17) is 0 Å². The zero-order valence-corrected chi connectivity index (χ0v) is 12.7. The van der Waals surface area contributed by atoms with E-state index in [1.54, 1.807) is 0 Å². The summed E-state index contributed by atoms with van der Waals surface area (Å²) in [5, 5.41) is 3.40. The van der Waals surface area contributed by atoms with Crippen LogP contribution in [0.15, 0.2) is 24.3 Å². The number of piperazine rings is 1. The highest BCUT2D eigenvalue weighted by Crippen LogP contribution is 2.14. The van der Waals surface area contributed by atoms with Gasteiger partial charge in [-0.15, -0.1) is 12.4 Å². The number of hydrogen-bond acceptors (Lipinski definition) is 2. The van der Waals surface area contributed by atoms with Crippen LogP contribution in [0, 0.1) is 6.92 Å². The summed E-state index contributed by atoms with van der Waals surface area (Å²) in [4.78, 5) is 14.4. The Labute approximate surface area is 121 Å². The Balaban J connectivity index is 0.00000180. The molecule has 0 radical (unpaired) electrons. The van der Waals surface area contributed by atoms with Crippen molar-refractivity contribution < 1.29 is 4.79 Å². The van der Waals surface area contributed by atoms with Crippen molar-refractivity contribution in [1.29, 1.82) is 0 Å². The smallest absolute Gasteiger partial charge is 0.227 e. The van der Waals surface area contributed by atoms with Gasteiger partial charge in [0.15, 0.2) is 0 Å². The van der Waals surface area contributed by atoms with Gasteiger partial charge in [0.1, 0.15) is 0 Å². The largest absolute Gasteiger partial charge is 0.337 e. The van der Waals surface area contributed by atoms with Gasteiger partial charge in [-0.1, -0.05) is 24.3 Å². The molecule has 1 fully saturated rings. The molecule has 1 saturated heterocycles. The molecule has 1 amide bonds. The average molecular weight is 283 g/mol. The fourth-order valence-electron chi connectivity index (χ4n) is 2.48. The van der Waals surface area contributed by atoms with E-state index in [0.717, 1.165) is 18.7 Å². The van der Waals surface area contributed by atoms with Crippen molar-refractivity contribution in [2.45, 2.75) is 39.3 Å². The molecule has 2 unspecified atom stereocenters. The van der Waals surface area contributed by atoms with E-state index in [1.807, 2.05) is 23.1 Å². The molecule has 0 aliphatic carbocycles. The van der Waals surface area contributed by atoms with Crippen molar-refractivity contribution in [2.24, 2.45) is 0 Å². The number of nitrogens with one attached hydrogen (secondary N) is 1. The minimum absolute atomic E-state index is 0. The molecule has 1 N–H and O–H groups in total. The number of carbonyl (C=O) groups excluding carboxylic acids is 1. The maximum atomic E-state index is 12.4. The van der Waals surface area contributed by atoms with Crippen LogP contribution in [0.4, 0.5) is 0 Å². The lowest BCUT2D eigenvalue weighted by Crippen LogP contribution is -2.57. The highest BCUT2D eigenvalue weighted by atomic mass is 35.5. The van der Waals surface area contributed by atoms with Crippen LogP contribution < -0.4 is 5.32 Å². The first-order valence-corrected chi connectivity index (χ1v) is 6.67. The van der Waals surface area contributed by atoms with Crippen molar-refractivity contribution in [2.75, 3.05) is 13.1 Å². The molecule has 0 saturated carbocycles. The molecule has 0 bridgehead atoms. The normalized spacial score (nSPS) is 22.8. The first kappa shape index (κ1) is 16.0. The van der Waals surface area contributed by atoms with Gasteiger partial charge in [0, 0.05) is 25.2 Å². The SMILES string of the molecule is Cc1ccccc1CC(=O)N1CCNC(C)C1C.Cl. The molecule has 1 aromatic carbocycles. The van der Waals surface area contributed by atoms with E-state index < -0.39 is 0 Å². The molecule has 2 atom stereocenters. The fourth-order valence-corrected chi connectivity index (χ4v) is 2.48. The van der Waals surface area contributed by atoms with Crippen molar-refractivity contribution in [1.82, 2.24) is 10.2 Å². The molecule has 1 aromatic rings. The molecule has 0 aromatic heterocycles. The summed E-state index contributed by atoms with van der Waals surface area (Å²) >= 11 is 0. The number of hydrogen-bond donors (Lipinski definition) is 1. The van der Waals surface area contributed by atoms with Crippen LogP contribution in [0.25, 0.3) is 0 Å². The van der Waals surface area contributed by atoms with Crippen LogP contribution in [-0.2, 0) is 11.2 Å². The molecule has 1 heterocycles. The fraction of sp³-hybridized carbons (Fsp3) is 0.533. The predicted octanol–water partition coefficient (Wildman–Crippen LogP) is 2.17. The second kappa shape index (κ2) is 6.92. The number of amides is 1. The number of carbonyl (C=O) groups is 1. The van der Waals surface area contributed by atoms with E-state index in [2.05, 4.69) is 32.2 Å². The zero-order valence-electron chi connectivity index (χ0n) is 11.8. The van der Waals surface area contributed by atoms with Gasteiger partial charge in [-0.2, -0.15) is 0 Å². The number of aryl methyl sites for hydroxylation is 1. The molecule has 106 valence electrons. The summed E-state index contributed by atoms with van der Waals surface area (Å²) in [6, 6.07) is 8.77. The molecular weight excluding hydrogens is 260 g/mol. The molecule has 19 heavy (non-hydrogen) atoms. The Hall–Kier alpha value is -1.06. The first-order chi connectivity index (χ1) is 8.59. The number of benzene rings is 1. The summed E-state index contributed by atoms with van der Waals surface area (Å²) in [7, 11) is 0. The molecule has 1 aliphatic rings. The predicted molar refractivity (Wildman–Crippen MR) is 80.8 cm³/mol. The Kier molecular flexibility index (Phi) is 5.83. The van der Waals surface area contributed by atoms with Crippen LogP contribution in [0.3, 0.4) is 0 Å². The van der Waals surface area contributed by atoms with Crippen LogP contribution in [-0.4, -0.2) is 36.0 Å². The van der Waals surface area contributed by atoms with Crippen LogP contribution in [0.2, 0.25) is 0 Å². The summed E-state index contributed by atoms with van der Waals surface area (Å²) in [6.07, 6.45) is 0.518. The maximum absolute atomic E-state index is 12.4. The number of rotatable bonds is 2. The van der Waals surface area contributed by atoms with E-state index in [1.165, 1.54) is 5.56 Å². The summed E-state index contributed by atoms with van der Waals surface area (Å²) < 4.78 is 0. The van der Waals surface area contributed by atoms with E-state index in [-0.39, 0.29) is 24.4 Å². The Morgan fingerprint density at radius 1 is 1.37 bits per heavy atom. The lowest BCUT2D eigenvalue weighted by molar-refractivity contribution is -0.134. The van der Waals surface area contributed by atoms with E-state index in [0.29, 0.717) is 12.5 Å². The van der Waals surface area contributed by atoms with E-state index >= 15 is 0 Å². The number of halogens is 1. The Morgan fingerprint density at radius 3 is 2.74 bits per heavy atom. The van der Waals surface area contributed by atoms with Crippen molar-refractivity contribution in [3.63, 3.8) is 0 Å². The van der Waals surface area contributed by atoms with Gasteiger partial charge < -0.3 is 10.2 Å². The van der Waals surface area contributed by atoms with Crippen LogP contribution in [0.1, 0.15) is 25.0 Å². The standard InChI is InChI=1S/C15H22N2O.ClH/c1-11-6-4-5-7-14(11)10-15(18)17-9-8-16-12(2)13(17)3;/h4-7,12-13,16H,8-10H2,1-3H3;1H. The highest BCUT2D eigenvalue weighted by molar-refractivity contribution is 5.85. The Morgan fingerprint density at radius 2 is 2.05 bits per heavy atom. The molecular formula is C15H23ClN2O. The Bertz CT molecular complexity index is 436. The second-order valence-electron chi connectivity index (χ2n) is 5.17. The van der Waals surface area contributed by atoms with Gasteiger partial charge >= 0.3 is 0 Å². The van der Waals surface area contributed by atoms with Gasteiger partial charge in [-0.25, -0.2) is 0 Å². The monoisotopic (exact) mass is 282 g/mol. The molecule has 2 rings (SSSR count). The third kappa shape index (κ3) is 3.71. The molecule has 0 spiro atoms. The first-order valence-electron chi connectivity index (χ1n) is 6.67. The summed E-state index contributed by atoms with van der Waals surface area (Å²) in [5.41, 5.74) is 2.34. The van der Waals surface area contributed by atoms with Crippen molar-refractivity contribution >= 4 is 18.3 Å². The maximum Gasteiger partial charge on any atom is 0.227 e. The van der Waals surface area contributed by atoms with Gasteiger partial charge in [-0.3, -0.25) is 4.79 Å². The molecule has 1 aliphatic heterocycles.